The second-order valence-electron chi connectivity index (χ2n) is 5.16. The van der Waals surface area contributed by atoms with Gasteiger partial charge in [0.15, 0.2) is 0 Å². The molecule has 0 aromatic rings. The van der Waals surface area contributed by atoms with Gasteiger partial charge in [-0.1, -0.05) is 0 Å². The van der Waals surface area contributed by atoms with Gasteiger partial charge in [0.25, 0.3) is 0 Å². The van der Waals surface area contributed by atoms with Gasteiger partial charge in [-0.05, 0) is 36.3 Å². The van der Waals surface area contributed by atoms with E-state index in [1.807, 2.05) is 4.86 Å². The van der Waals surface area contributed by atoms with Gasteiger partial charge in [-0.15, -0.1) is 0 Å². The van der Waals surface area contributed by atoms with E-state index in [0.29, 0.717) is 0 Å². The predicted octanol–water partition coefficient (Wildman–Crippen LogP) is 1.57. The van der Waals surface area contributed by atoms with Crippen molar-refractivity contribution in [3.8, 4) is 0 Å². The first-order valence-corrected chi connectivity index (χ1v) is 7.92. The van der Waals surface area contributed by atoms with Crippen molar-refractivity contribution in [1.82, 2.24) is 4.90 Å². The summed E-state index contributed by atoms with van der Waals surface area (Å²) >= 11 is 0. The zero-order valence-corrected chi connectivity index (χ0v) is 10.4. The number of nitrogens with zero attached hydrogens (tertiary/aromatic N) is 1. The van der Waals surface area contributed by atoms with E-state index in [0.717, 1.165) is 35.7 Å². The van der Waals surface area contributed by atoms with E-state index in [4.69, 9.17) is 4.74 Å². The third-order valence-electron chi connectivity index (χ3n) is 4.07. The van der Waals surface area contributed by atoms with Crippen molar-refractivity contribution < 1.29 is 4.74 Å². The molecule has 0 radical (unpaired) electrons. The van der Waals surface area contributed by atoms with Crippen LogP contribution in [0.1, 0.15) is 19.3 Å². The number of morpholine rings is 1. The van der Waals surface area contributed by atoms with Gasteiger partial charge >= 0.3 is 0 Å². The second-order valence-corrected chi connectivity index (χ2v) is 7.30. The van der Waals surface area contributed by atoms with Crippen LogP contribution < -0.4 is 0 Å². The second kappa shape index (κ2) is 4.19. The first-order chi connectivity index (χ1) is 7.33. The van der Waals surface area contributed by atoms with Crippen LogP contribution in [0, 0.1) is 5.92 Å². The fourth-order valence-corrected chi connectivity index (χ4v) is 4.26. The Labute approximate surface area is 94.9 Å². The Kier molecular flexibility index (Phi) is 2.88. The summed E-state index contributed by atoms with van der Waals surface area (Å²) in [7, 11) is 0.730. The molecule has 2 nitrogen and oxygen atoms in total. The van der Waals surface area contributed by atoms with Crippen molar-refractivity contribution in [1.29, 1.82) is 0 Å². The molecule has 1 saturated heterocycles. The summed E-state index contributed by atoms with van der Waals surface area (Å²) in [5.74, 6) is 2.49. The van der Waals surface area contributed by atoms with Crippen LogP contribution in [0.5, 0.6) is 0 Å². The van der Waals surface area contributed by atoms with Crippen LogP contribution in [-0.2, 0) is 4.74 Å². The van der Waals surface area contributed by atoms with Crippen molar-refractivity contribution in [3.05, 3.63) is 0 Å². The fourth-order valence-electron chi connectivity index (χ4n) is 2.84. The van der Waals surface area contributed by atoms with Gasteiger partial charge in [0, 0.05) is 24.9 Å². The molecule has 0 aromatic heterocycles. The van der Waals surface area contributed by atoms with E-state index in [-0.39, 0.29) is 0 Å². The maximum atomic E-state index is 5.39. The molecule has 0 bridgehead atoms. The normalized spacial score (nSPS) is 41.4. The van der Waals surface area contributed by atoms with Crippen molar-refractivity contribution >= 4 is 15.3 Å². The molecule has 2 aliphatic heterocycles. The largest absolute Gasteiger partial charge is 0.379 e. The SMILES string of the molecule is CS1=C(CC2CC(N3CCOCC3)C2)C1. The number of ether oxygens (including phenoxy) is 1. The quantitative estimate of drug-likeness (QED) is 0.679. The van der Waals surface area contributed by atoms with Gasteiger partial charge in [0.1, 0.15) is 0 Å². The lowest BCUT2D eigenvalue weighted by Gasteiger charge is -2.44. The van der Waals surface area contributed by atoms with E-state index in [1.54, 1.807) is 0 Å². The van der Waals surface area contributed by atoms with Crippen LogP contribution in [0.3, 0.4) is 0 Å². The standard InChI is InChI=1S/C12H21NOS/c1-15-9-12(15)8-10-6-11(7-10)13-2-4-14-5-3-13/h10-11H,2-9H2,1H3. The minimum absolute atomic E-state index is 0.730. The average Bonchev–Trinajstić information content (AvgIpc) is 2.89. The molecule has 3 heteroatoms. The van der Waals surface area contributed by atoms with E-state index < -0.39 is 0 Å². The fraction of sp³-hybridized carbons (Fsp3) is 0.917. The third-order valence-corrected chi connectivity index (χ3v) is 5.80. The summed E-state index contributed by atoms with van der Waals surface area (Å²) in [5.41, 5.74) is 0. The summed E-state index contributed by atoms with van der Waals surface area (Å²) in [5, 5.41) is 0. The smallest absolute Gasteiger partial charge is 0.0594 e. The summed E-state index contributed by atoms with van der Waals surface area (Å²) in [6.07, 6.45) is 6.77. The highest BCUT2D eigenvalue weighted by atomic mass is 32.2. The molecule has 1 saturated carbocycles. The van der Waals surface area contributed by atoms with Crippen molar-refractivity contribution in [2.45, 2.75) is 25.3 Å². The Hall–Kier alpha value is 0.140. The Morgan fingerprint density at radius 1 is 1.33 bits per heavy atom. The van der Waals surface area contributed by atoms with Gasteiger partial charge in [0.05, 0.1) is 13.2 Å². The van der Waals surface area contributed by atoms with Crippen LogP contribution in [0.15, 0.2) is 0 Å². The van der Waals surface area contributed by atoms with E-state index >= 15 is 0 Å². The molecule has 15 heavy (non-hydrogen) atoms. The van der Waals surface area contributed by atoms with Gasteiger partial charge in [-0.25, -0.2) is 0 Å². The zero-order valence-electron chi connectivity index (χ0n) is 9.58. The Morgan fingerprint density at radius 3 is 2.60 bits per heavy atom. The Bertz CT molecular complexity index is 277. The molecule has 0 amide bonds. The lowest BCUT2D eigenvalue weighted by atomic mass is 9.76. The third kappa shape index (κ3) is 2.29. The molecule has 0 spiro atoms. The molecule has 0 aromatic carbocycles. The number of rotatable bonds is 3. The highest BCUT2D eigenvalue weighted by Crippen LogP contribution is 2.39. The van der Waals surface area contributed by atoms with Crippen LogP contribution in [0.25, 0.3) is 0 Å². The van der Waals surface area contributed by atoms with Crippen molar-refractivity contribution in [2.24, 2.45) is 5.92 Å². The Balaban J connectivity index is 1.41. The molecule has 1 atom stereocenters. The van der Waals surface area contributed by atoms with Gasteiger partial charge in [-0.2, -0.15) is 10.5 Å². The highest BCUT2D eigenvalue weighted by Gasteiger charge is 2.35. The topological polar surface area (TPSA) is 12.5 Å². The van der Waals surface area contributed by atoms with E-state index in [1.165, 1.54) is 38.1 Å². The maximum absolute atomic E-state index is 5.39. The average molecular weight is 227 g/mol. The molecule has 2 fully saturated rings. The number of hydrogen-bond acceptors (Lipinski definition) is 2. The lowest BCUT2D eigenvalue weighted by molar-refractivity contribution is -0.0158. The maximum Gasteiger partial charge on any atom is 0.0594 e. The molecular formula is C12H21NOS. The molecule has 0 N–H and O–H groups in total. The minimum atomic E-state index is 0.730. The molecule has 1 aliphatic carbocycles. The van der Waals surface area contributed by atoms with Crippen molar-refractivity contribution in [3.63, 3.8) is 0 Å². The monoisotopic (exact) mass is 227 g/mol. The highest BCUT2D eigenvalue weighted by molar-refractivity contribution is 8.23. The molecule has 2 heterocycles. The van der Waals surface area contributed by atoms with Crippen LogP contribution >= 0.6 is 10.5 Å². The van der Waals surface area contributed by atoms with Gasteiger partial charge < -0.3 is 4.74 Å². The molecule has 1 unspecified atom stereocenters. The summed E-state index contributed by atoms with van der Waals surface area (Å²) < 4.78 is 5.39. The van der Waals surface area contributed by atoms with Crippen LogP contribution in [0.2, 0.25) is 0 Å². The summed E-state index contributed by atoms with van der Waals surface area (Å²) in [6, 6.07) is 0.900. The summed E-state index contributed by atoms with van der Waals surface area (Å²) in [4.78, 5) is 4.52. The summed E-state index contributed by atoms with van der Waals surface area (Å²) in [6.45, 7) is 4.26. The van der Waals surface area contributed by atoms with Gasteiger partial charge in [-0.3, -0.25) is 4.90 Å². The predicted molar refractivity (Wildman–Crippen MR) is 66.9 cm³/mol. The number of hydrogen-bond donors (Lipinski definition) is 0. The molecule has 86 valence electrons. The van der Waals surface area contributed by atoms with Crippen LogP contribution in [-0.4, -0.2) is 54.1 Å². The van der Waals surface area contributed by atoms with E-state index in [9.17, 15) is 0 Å². The van der Waals surface area contributed by atoms with Gasteiger partial charge in [0.2, 0.25) is 0 Å². The molecule has 3 rings (SSSR count). The molecule has 3 aliphatic rings. The van der Waals surface area contributed by atoms with Crippen molar-refractivity contribution in [2.75, 3.05) is 38.3 Å². The lowest BCUT2D eigenvalue weighted by Crippen LogP contribution is -2.49. The van der Waals surface area contributed by atoms with E-state index in [2.05, 4.69) is 11.2 Å². The first kappa shape index (κ1) is 10.3. The first-order valence-electron chi connectivity index (χ1n) is 6.12. The Morgan fingerprint density at radius 2 is 2.00 bits per heavy atom. The minimum Gasteiger partial charge on any atom is -0.379 e. The van der Waals surface area contributed by atoms with Crippen LogP contribution in [0.4, 0.5) is 0 Å². The zero-order chi connectivity index (χ0) is 10.3. The molecular weight excluding hydrogens is 206 g/mol.